The Morgan fingerprint density at radius 1 is 1.29 bits per heavy atom. The topological polar surface area (TPSA) is 72.2 Å². The Hall–Kier alpha value is -2.28. The summed E-state index contributed by atoms with van der Waals surface area (Å²) in [6.07, 6.45) is 0. The molecule has 2 rings (SSSR count). The van der Waals surface area contributed by atoms with Crippen molar-refractivity contribution in [1.82, 2.24) is 0 Å². The molecule has 2 aromatic rings. The summed E-state index contributed by atoms with van der Waals surface area (Å²) in [5.41, 5.74) is 0.960. The van der Waals surface area contributed by atoms with E-state index in [0.29, 0.717) is 15.7 Å². The summed E-state index contributed by atoms with van der Waals surface area (Å²) in [5, 5.41) is 13.3. The quantitative estimate of drug-likeness (QED) is 0.668. The predicted molar refractivity (Wildman–Crippen MR) is 79.9 cm³/mol. The molecule has 7 heteroatoms. The molecule has 0 bridgehead atoms. The lowest BCUT2D eigenvalue weighted by molar-refractivity contribution is -0.384. The summed E-state index contributed by atoms with van der Waals surface area (Å²) in [6, 6.07) is 7.88. The zero-order valence-electron chi connectivity index (χ0n) is 10.9. The molecule has 0 aliphatic heterocycles. The Balaban J connectivity index is 2.33. The first-order chi connectivity index (χ1) is 9.88. The number of non-ortho nitro benzene ring substituents is 1. The molecule has 2 aromatic carbocycles. The molecule has 0 atom stereocenters. The highest BCUT2D eigenvalue weighted by molar-refractivity contribution is 9.10. The fourth-order valence-electron chi connectivity index (χ4n) is 1.72. The fourth-order valence-corrected chi connectivity index (χ4v) is 2.15. The minimum absolute atomic E-state index is 0.112. The Labute approximate surface area is 128 Å². The highest BCUT2D eigenvalue weighted by Gasteiger charge is 2.15. The summed E-state index contributed by atoms with van der Waals surface area (Å²) >= 11 is 3.16. The van der Waals surface area contributed by atoms with Crippen molar-refractivity contribution in [2.24, 2.45) is 0 Å². The van der Waals surface area contributed by atoms with Crippen LogP contribution in [0, 0.1) is 22.9 Å². The number of aryl methyl sites for hydroxylation is 1. The number of halogens is 2. The SMILES string of the molecule is Cc1ccc([N+](=O)[O-])cc1NC(=O)c1cc(F)ccc1Br. The third kappa shape index (κ3) is 3.43. The third-order valence-electron chi connectivity index (χ3n) is 2.85. The molecule has 0 aliphatic carbocycles. The molecule has 1 amide bonds. The molecule has 1 N–H and O–H groups in total. The van der Waals surface area contributed by atoms with Crippen molar-refractivity contribution in [1.29, 1.82) is 0 Å². The minimum atomic E-state index is -0.551. The van der Waals surface area contributed by atoms with Gasteiger partial charge in [-0.15, -0.1) is 0 Å². The third-order valence-corrected chi connectivity index (χ3v) is 3.54. The molecule has 5 nitrogen and oxygen atoms in total. The van der Waals surface area contributed by atoms with Crippen molar-refractivity contribution in [2.45, 2.75) is 6.92 Å². The lowest BCUT2D eigenvalue weighted by atomic mass is 10.1. The van der Waals surface area contributed by atoms with Gasteiger partial charge in [0.25, 0.3) is 11.6 Å². The summed E-state index contributed by atoms with van der Waals surface area (Å²) in [6.45, 7) is 1.71. The van der Waals surface area contributed by atoms with Crippen LogP contribution >= 0.6 is 15.9 Å². The molecule has 0 spiro atoms. The lowest BCUT2D eigenvalue weighted by Gasteiger charge is -2.09. The maximum absolute atomic E-state index is 13.2. The summed E-state index contributed by atoms with van der Waals surface area (Å²) in [7, 11) is 0. The summed E-state index contributed by atoms with van der Waals surface area (Å²) in [5.74, 6) is -1.09. The van der Waals surface area contributed by atoms with E-state index in [-0.39, 0.29) is 11.3 Å². The van der Waals surface area contributed by atoms with Crippen molar-refractivity contribution in [3.63, 3.8) is 0 Å². The normalized spacial score (nSPS) is 10.2. The molecular formula is C14H10BrFN2O3. The minimum Gasteiger partial charge on any atom is -0.321 e. The first kappa shape index (κ1) is 15.1. The van der Waals surface area contributed by atoms with Crippen LogP contribution in [0.15, 0.2) is 40.9 Å². The van der Waals surface area contributed by atoms with Gasteiger partial charge in [0.15, 0.2) is 0 Å². The smallest absolute Gasteiger partial charge is 0.271 e. The molecule has 108 valence electrons. The first-order valence-electron chi connectivity index (χ1n) is 5.90. The molecule has 0 aliphatic rings. The Morgan fingerprint density at radius 3 is 2.67 bits per heavy atom. The van der Waals surface area contributed by atoms with Crippen LogP contribution in [0.3, 0.4) is 0 Å². The molecule has 0 radical (unpaired) electrons. The number of amides is 1. The van der Waals surface area contributed by atoms with Crippen LogP contribution in [-0.4, -0.2) is 10.8 Å². The number of nitrogens with one attached hydrogen (secondary N) is 1. The average molecular weight is 353 g/mol. The van der Waals surface area contributed by atoms with E-state index in [2.05, 4.69) is 21.2 Å². The number of hydrogen-bond acceptors (Lipinski definition) is 3. The second kappa shape index (κ2) is 6.01. The van der Waals surface area contributed by atoms with E-state index in [1.165, 1.54) is 30.3 Å². The van der Waals surface area contributed by atoms with E-state index in [1.54, 1.807) is 6.92 Å². The zero-order chi connectivity index (χ0) is 15.6. The number of carbonyl (C=O) groups is 1. The van der Waals surface area contributed by atoms with E-state index in [0.717, 1.165) is 6.07 Å². The number of benzene rings is 2. The van der Waals surface area contributed by atoms with Gasteiger partial charge in [0.05, 0.1) is 16.2 Å². The molecule has 0 heterocycles. The van der Waals surface area contributed by atoms with Crippen LogP contribution in [0.5, 0.6) is 0 Å². The van der Waals surface area contributed by atoms with Gasteiger partial charge in [0.2, 0.25) is 0 Å². The highest BCUT2D eigenvalue weighted by Crippen LogP contribution is 2.24. The van der Waals surface area contributed by atoms with Gasteiger partial charge in [-0.2, -0.15) is 0 Å². The van der Waals surface area contributed by atoms with E-state index in [1.807, 2.05) is 0 Å². The lowest BCUT2D eigenvalue weighted by Crippen LogP contribution is -2.14. The molecule has 0 fully saturated rings. The van der Waals surface area contributed by atoms with E-state index < -0.39 is 16.6 Å². The predicted octanol–water partition coefficient (Wildman–Crippen LogP) is 4.06. The number of hydrogen-bond donors (Lipinski definition) is 1. The van der Waals surface area contributed by atoms with Gasteiger partial charge < -0.3 is 5.32 Å². The largest absolute Gasteiger partial charge is 0.321 e. The van der Waals surface area contributed by atoms with Crippen LogP contribution in [0.25, 0.3) is 0 Å². The standard InChI is InChI=1S/C14H10BrFN2O3/c1-8-2-4-10(18(20)21)7-13(8)17-14(19)11-6-9(16)3-5-12(11)15/h2-7H,1H3,(H,17,19). The molecular weight excluding hydrogens is 343 g/mol. The monoisotopic (exact) mass is 352 g/mol. The molecule has 0 saturated heterocycles. The van der Waals surface area contributed by atoms with Gasteiger partial charge in [-0.25, -0.2) is 4.39 Å². The average Bonchev–Trinajstić information content (AvgIpc) is 2.43. The van der Waals surface area contributed by atoms with E-state index in [4.69, 9.17) is 0 Å². The number of nitro groups is 1. The Morgan fingerprint density at radius 2 is 2.00 bits per heavy atom. The second-order valence-electron chi connectivity index (χ2n) is 4.33. The Bertz CT molecular complexity index is 734. The van der Waals surface area contributed by atoms with Crippen molar-refractivity contribution < 1.29 is 14.1 Å². The van der Waals surface area contributed by atoms with Gasteiger partial charge in [-0.3, -0.25) is 14.9 Å². The number of rotatable bonds is 3. The van der Waals surface area contributed by atoms with Crippen LogP contribution in [0.2, 0.25) is 0 Å². The van der Waals surface area contributed by atoms with Crippen LogP contribution in [0.1, 0.15) is 15.9 Å². The van der Waals surface area contributed by atoms with Crippen LogP contribution < -0.4 is 5.32 Å². The number of nitrogens with zero attached hydrogens (tertiary/aromatic N) is 1. The molecule has 0 saturated carbocycles. The maximum Gasteiger partial charge on any atom is 0.271 e. The maximum atomic E-state index is 13.2. The molecule has 0 unspecified atom stereocenters. The molecule has 21 heavy (non-hydrogen) atoms. The zero-order valence-corrected chi connectivity index (χ0v) is 12.5. The fraction of sp³-hybridized carbons (Fsp3) is 0.0714. The summed E-state index contributed by atoms with van der Waals surface area (Å²) < 4.78 is 13.6. The number of nitro benzene ring substituents is 1. The molecule has 0 aromatic heterocycles. The van der Waals surface area contributed by atoms with E-state index >= 15 is 0 Å². The summed E-state index contributed by atoms with van der Waals surface area (Å²) in [4.78, 5) is 22.3. The van der Waals surface area contributed by atoms with Gasteiger partial charge in [-0.05, 0) is 46.6 Å². The van der Waals surface area contributed by atoms with Crippen molar-refractivity contribution in [3.05, 3.63) is 67.9 Å². The van der Waals surface area contributed by atoms with Gasteiger partial charge in [-0.1, -0.05) is 6.07 Å². The van der Waals surface area contributed by atoms with Crippen molar-refractivity contribution >= 4 is 33.2 Å². The van der Waals surface area contributed by atoms with Crippen molar-refractivity contribution in [2.75, 3.05) is 5.32 Å². The van der Waals surface area contributed by atoms with Crippen LogP contribution in [-0.2, 0) is 0 Å². The van der Waals surface area contributed by atoms with Crippen LogP contribution in [0.4, 0.5) is 15.8 Å². The highest BCUT2D eigenvalue weighted by atomic mass is 79.9. The Kier molecular flexibility index (Phi) is 4.32. The second-order valence-corrected chi connectivity index (χ2v) is 5.19. The first-order valence-corrected chi connectivity index (χ1v) is 6.69. The van der Waals surface area contributed by atoms with Gasteiger partial charge in [0, 0.05) is 16.6 Å². The number of carbonyl (C=O) groups excluding carboxylic acids is 1. The van der Waals surface area contributed by atoms with Crippen molar-refractivity contribution in [3.8, 4) is 0 Å². The van der Waals surface area contributed by atoms with Gasteiger partial charge >= 0.3 is 0 Å². The van der Waals surface area contributed by atoms with E-state index in [9.17, 15) is 19.3 Å². The van der Waals surface area contributed by atoms with Gasteiger partial charge in [0.1, 0.15) is 5.82 Å². The number of anilines is 1.